The summed E-state index contributed by atoms with van der Waals surface area (Å²) in [6.45, 7) is 0.742. The predicted molar refractivity (Wildman–Crippen MR) is 57.1 cm³/mol. The van der Waals surface area contributed by atoms with Crippen molar-refractivity contribution in [2.45, 2.75) is 13.0 Å². The molecule has 1 aromatic carbocycles. The van der Waals surface area contributed by atoms with E-state index in [1.807, 2.05) is 12.1 Å². The van der Waals surface area contributed by atoms with E-state index in [1.165, 1.54) is 6.33 Å². The van der Waals surface area contributed by atoms with Gasteiger partial charge >= 0.3 is 5.97 Å². The van der Waals surface area contributed by atoms with E-state index in [1.54, 1.807) is 23.1 Å². The number of aromatic nitrogens is 3. The molecule has 0 aliphatic carbocycles. The Hall–Kier alpha value is -2.17. The molecule has 1 N–H and O–H groups in total. The van der Waals surface area contributed by atoms with Gasteiger partial charge in [-0.3, -0.25) is 4.68 Å². The summed E-state index contributed by atoms with van der Waals surface area (Å²) in [5.74, 6) is -0.900. The van der Waals surface area contributed by atoms with Crippen LogP contribution in [-0.4, -0.2) is 25.8 Å². The van der Waals surface area contributed by atoms with E-state index < -0.39 is 5.97 Å². The Balaban J connectivity index is 1.98. The fraction of sp³-hybridized carbons (Fsp3) is 0.182. The molecule has 0 unspecified atom stereocenters. The molecule has 5 heteroatoms. The summed E-state index contributed by atoms with van der Waals surface area (Å²) in [4.78, 5) is 14.5. The molecule has 0 atom stereocenters. The minimum atomic E-state index is -0.900. The molecule has 0 aliphatic heterocycles. The molecule has 0 saturated carbocycles. The summed E-state index contributed by atoms with van der Waals surface area (Å²) in [6.07, 6.45) is 3.96. The summed E-state index contributed by atoms with van der Waals surface area (Å²) >= 11 is 0. The maximum absolute atomic E-state index is 10.6. The Morgan fingerprint density at radius 1 is 1.31 bits per heavy atom. The van der Waals surface area contributed by atoms with Crippen LogP contribution in [0.5, 0.6) is 0 Å². The molecule has 1 aromatic heterocycles. The van der Waals surface area contributed by atoms with E-state index in [0.717, 1.165) is 18.5 Å². The summed E-state index contributed by atoms with van der Waals surface area (Å²) in [6, 6.07) is 6.86. The zero-order chi connectivity index (χ0) is 11.4. The van der Waals surface area contributed by atoms with Gasteiger partial charge in [-0.05, 0) is 24.1 Å². The molecule has 2 rings (SSSR count). The molecule has 5 nitrogen and oxygen atoms in total. The van der Waals surface area contributed by atoms with Crippen LogP contribution in [0.15, 0.2) is 36.9 Å². The molecule has 0 bridgehead atoms. The average Bonchev–Trinajstić information content (AvgIpc) is 2.80. The number of hydrogen-bond donors (Lipinski definition) is 1. The predicted octanol–water partition coefficient (Wildman–Crippen LogP) is 1.22. The van der Waals surface area contributed by atoms with Crippen LogP contribution in [0.25, 0.3) is 0 Å². The Kier molecular flexibility index (Phi) is 2.95. The number of hydrogen-bond acceptors (Lipinski definition) is 3. The van der Waals surface area contributed by atoms with Crippen molar-refractivity contribution in [2.75, 3.05) is 0 Å². The van der Waals surface area contributed by atoms with Gasteiger partial charge in [-0.2, -0.15) is 5.10 Å². The van der Waals surface area contributed by atoms with E-state index in [0.29, 0.717) is 5.56 Å². The van der Waals surface area contributed by atoms with Crippen molar-refractivity contribution in [3.05, 3.63) is 48.0 Å². The lowest BCUT2D eigenvalue weighted by molar-refractivity contribution is 0.0697. The zero-order valence-electron chi connectivity index (χ0n) is 8.58. The third-order valence-electron chi connectivity index (χ3n) is 2.30. The number of carboxylic acids is 1. The van der Waals surface area contributed by atoms with Gasteiger partial charge in [0.25, 0.3) is 0 Å². The van der Waals surface area contributed by atoms with E-state index in [9.17, 15) is 4.79 Å². The van der Waals surface area contributed by atoms with Gasteiger partial charge < -0.3 is 5.11 Å². The third-order valence-corrected chi connectivity index (χ3v) is 2.30. The van der Waals surface area contributed by atoms with E-state index in [-0.39, 0.29) is 0 Å². The second-order valence-corrected chi connectivity index (χ2v) is 3.41. The number of carbonyl (C=O) groups is 1. The van der Waals surface area contributed by atoms with Crippen LogP contribution in [0.4, 0.5) is 0 Å². The maximum atomic E-state index is 10.6. The van der Waals surface area contributed by atoms with Gasteiger partial charge in [-0.15, -0.1) is 0 Å². The third kappa shape index (κ3) is 2.44. The quantitative estimate of drug-likeness (QED) is 0.836. The molecule has 82 valence electrons. The zero-order valence-corrected chi connectivity index (χ0v) is 8.58. The minimum absolute atomic E-state index is 0.310. The molecule has 0 spiro atoms. The average molecular weight is 217 g/mol. The smallest absolute Gasteiger partial charge is 0.335 e. The maximum Gasteiger partial charge on any atom is 0.335 e. The lowest BCUT2D eigenvalue weighted by Gasteiger charge is -2.02. The Labute approximate surface area is 92.4 Å². The summed E-state index contributed by atoms with van der Waals surface area (Å²) < 4.78 is 1.74. The van der Waals surface area contributed by atoms with Crippen LogP contribution >= 0.6 is 0 Å². The van der Waals surface area contributed by atoms with Crippen LogP contribution in [-0.2, 0) is 13.0 Å². The Bertz CT molecular complexity index is 462. The standard InChI is InChI=1S/C11H11N3O2/c15-11(16)10-3-1-9(2-4-10)5-6-14-8-12-7-13-14/h1-4,7-8H,5-6H2,(H,15,16). The van der Waals surface area contributed by atoms with Crippen molar-refractivity contribution in [2.24, 2.45) is 0 Å². The number of aryl methyl sites for hydroxylation is 2. The number of rotatable bonds is 4. The van der Waals surface area contributed by atoms with Gasteiger partial charge in [-0.1, -0.05) is 12.1 Å². The van der Waals surface area contributed by atoms with Crippen molar-refractivity contribution in [1.82, 2.24) is 14.8 Å². The van der Waals surface area contributed by atoms with E-state index >= 15 is 0 Å². The molecule has 16 heavy (non-hydrogen) atoms. The van der Waals surface area contributed by atoms with E-state index in [4.69, 9.17) is 5.11 Å². The summed E-state index contributed by atoms with van der Waals surface area (Å²) in [7, 11) is 0. The largest absolute Gasteiger partial charge is 0.478 e. The first kappa shape index (κ1) is 10.4. The van der Waals surface area contributed by atoms with Gasteiger partial charge in [-0.25, -0.2) is 9.78 Å². The first-order valence-corrected chi connectivity index (χ1v) is 4.90. The number of benzene rings is 1. The highest BCUT2D eigenvalue weighted by Crippen LogP contribution is 2.05. The normalized spacial score (nSPS) is 10.2. The van der Waals surface area contributed by atoms with Crippen LogP contribution < -0.4 is 0 Å². The number of aromatic carboxylic acids is 1. The van der Waals surface area contributed by atoms with Crippen LogP contribution in [0.2, 0.25) is 0 Å². The van der Waals surface area contributed by atoms with Crippen LogP contribution in [0.1, 0.15) is 15.9 Å². The first-order valence-electron chi connectivity index (χ1n) is 4.90. The molecule has 0 saturated heterocycles. The van der Waals surface area contributed by atoms with Gasteiger partial charge in [0, 0.05) is 6.54 Å². The topological polar surface area (TPSA) is 68.0 Å². The molecule has 0 radical (unpaired) electrons. The monoisotopic (exact) mass is 217 g/mol. The Morgan fingerprint density at radius 2 is 2.06 bits per heavy atom. The first-order chi connectivity index (χ1) is 7.75. The lowest BCUT2D eigenvalue weighted by atomic mass is 10.1. The number of nitrogens with zero attached hydrogens (tertiary/aromatic N) is 3. The SMILES string of the molecule is O=C(O)c1ccc(CCn2cncn2)cc1. The van der Waals surface area contributed by atoms with Gasteiger partial charge in [0.2, 0.25) is 0 Å². The van der Waals surface area contributed by atoms with E-state index in [2.05, 4.69) is 10.1 Å². The molecular formula is C11H11N3O2. The fourth-order valence-corrected chi connectivity index (χ4v) is 1.41. The van der Waals surface area contributed by atoms with Crippen molar-refractivity contribution < 1.29 is 9.90 Å². The fourth-order valence-electron chi connectivity index (χ4n) is 1.41. The molecule has 0 fully saturated rings. The van der Waals surface area contributed by atoms with Crippen LogP contribution in [0.3, 0.4) is 0 Å². The van der Waals surface area contributed by atoms with Gasteiger partial charge in [0.15, 0.2) is 0 Å². The highest BCUT2D eigenvalue weighted by atomic mass is 16.4. The summed E-state index contributed by atoms with van der Waals surface area (Å²) in [5, 5.41) is 12.7. The number of carboxylic acid groups (broad SMARTS) is 1. The second kappa shape index (κ2) is 4.57. The van der Waals surface area contributed by atoms with Gasteiger partial charge in [0.05, 0.1) is 5.56 Å². The summed E-state index contributed by atoms with van der Waals surface area (Å²) in [5.41, 5.74) is 1.39. The molecule has 0 amide bonds. The molecule has 2 aromatic rings. The highest BCUT2D eigenvalue weighted by Gasteiger charge is 2.01. The minimum Gasteiger partial charge on any atom is -0.478 e. The molecule has 0 aliphatic rings. The lowest BCUT2D eigenvalue weighted by Crippen LogP contribution is -2.02. The molecular weight excluding hydrogens is 206 g/mol. The van der Waals surface area contributed by atoms with Crippen molar-refractivity contribution in [1.29, 1.82) is 0 Å². The second-order valence-electron chi connectivity index (χ2n) is 3.41. The van der Waals surface area contributed by atoms with Crippen LogP contribution in [0, 0.1) is 0 Å². The molecule has 1 heterocycles. The highest BCUT2D eigenvalue weighted by molar-refractivity contribution is 5.87. The van der Waals surface area contributed by atoms with Crippen molar-refractivity contribution in [3.8, 4) is 0 Å². The van der Waals surface area contributed by atoms with Gasteiger partial charge in [0.1, 0.15) is 12.7 Å². The Morgan fingerprint density at radius 3 is 2.62 bits per heavy atom. The van der Waals surface area contributed by atoms with Crippen molar-refractivity contribution in [3.63, 3.8) is 0 Å². The van der Waals surface area contributed by atoms with Crippen molar-refractivity contribution >= 4 is 5.97 Å².